The van der Waals surface area contributed by atoms with E-state index in [0.717, 1.165) is 11.1 Å². The van der Waals surface area contributed by atoms with Crippen LogP contribution >= 0.6 is 11.8 Å². The number of non-ortho nitro benzene ring substituents is 1. The number of hydrogen-bond donors (Lipinski definition) is 1. The Hall–Kier alpha value is -3.28. The Balaban J connectivity index is 1.70. The molecule has 174 valence electrons. The summed E-state index contributed by atoms with van der Waals surface area (Å²) in [6.07, 6.45) is 0. The molecule has 0 spiro atoms. The molecule has 0 atom stereocenters. The summed E-state index contributed by atoms with van der Waals surface area (Å²) in [5.74, 6) is 1.11. The lowest BCUT2D eigenvalue weighted by atomic mass is 10.1. The molecule has 0 bridgehead atoms. The number of methoxy groups -OCH3 is 2. The molecule has 0 radical (unpaired) electrons. The minimum absolute atomic E-state index is 0.0205. The van der Waals surface area contributed by atoms with Gasteiger partial charge in [-0.05, 0) is 29.8 Å². The van der Waals surface area contributed by atoms with Crippen LogP contribution in [0.3, 0.4) is 0 Å². The molecule has 0 unspecified atom stereocenters. The van der Waals surface area contributed by atoms with E-state index in [1.807, 2.05) is 16.7 Å². The smallest absolute Gasteiger partial charge is 0.269 e. The molecule has 0 aliphatic heterocycles. The molecule has 3 rings (SSSR count). The van der Waals surface area contributed by atoms with Crippen LogP contribution in [0.5, 0.6) is 0 Å². The van der Waals surface area contributed by atoms with E-state index in [4.69, 9.17) is 9.47 Å². The lowest BCUT2D eigenvalue weighted by Crippen LogP contribution is -2.26. The average molecular weight is 472 g/mol. The third-order valence-electron chi connectivity index (χ3n) is 4.75. The van der Waals surface area contributed by atoms with Crippen LogP contribution in [0, 0.1) is 10.1 Å². The molecule has 11 heteroatoms. The van der Waals surface area contributed by atoms with Crippen LogP contribution in [0.2, 0.25) is 0 Å². The first-order valence-electron chi connectivity index (χ1n) is 10.2. The maximum Gasteiger partial charge on any atom is 0.269 e. The maximum absolute atomic E-state index is 12.1. The number of hydrogen-bond acceptors (Lipinski definition) is 8. The van der Waals surface area contributed by atoms with Crippen LogP contribution < -0.4 is 5.32 Å². The monoisotopic (exact) mass is 471 g/mol. The summed E-state index contributed by atoms with van der Waals surface area (Å²) in [5, 5.41) is 23.0. The first-order chi connectivity index (χ1) is 16.0. The van der Waals surface area contributed by atoms with Gasteiger partial charge in [-0.15, -0.1) is 10.2 Å². The maximum atomic E-state index is 12.1. The standard InChI is InChI=1S/C22H25N5O5S/c1-31-13-11-23-21(28)18-5-3-16(4-6-18)15-33-22-25-24-20(26(22)12-14-32-2)17-7-9-19(10-8-17)27(29)30/h3-10H,11-15H2,1-2H3,(H,23,28). The number of thioether (sulfide) groups is 1. The Morgan fingerprint density at radius 1 is 1.06 bits per heavy atom. The van der Waals surface area contributed by atoms with Crippen LogP contribution in [0.1, 0.15) is 15.9 Å². The largest absolute Gasteiger partial charge is 0.383 e. The number of amides is 1. The Morgan fingerprint density at radius 3 is 2.39 bits per heavy atom. The normalized spacial score (nSPS) is 10.8. The van der Waals surface area contributed by atoms with Gasteiger partial charge in [0, 0.05) is 49.8 Å². The molecule has 0 aliphatic rings. The number of aromatic nitrogens is 3. The lowest BCUT2D eigenvalue weighted by molar-refractivity contribution is -0.384. The fourth-order valence-electron chi connectivity index (χ4n) is 2.99. The zero-order valence-electron chi connectivity index (χ0n) is 18.4. The predicted molar refractivity (Wildman–Crippen MR) is 124 cm³/mol. The van der Waals surface area contributed by atoms with E-state index >= 15 is 0 Å². The Labute approximate surface area is 195 Å². The quantitative estimate of drug-likeness (QED) is 0.185. The van der Waals surface area contributed by atoms with Crippen molar-refractivity contribution in [2.24, 2.45) is 0 Å². The molecular weight excluding hydrogens is 446 g/mol. The third kappa shape index (κ3) is 6.60. The number of nitrogens with one attached hydrogen (secondary N) is 1. The number of nitro benzene ring substituents is 1. The Bertz CT molecular complexity index is 1070. The number of rotatable bonds is 12. The van der Waals surface area contributed by atoms with Crippen LogP contribution in [0.25, 0.3) is 11.4 Å². The minimum atomic E-state index is -0.435. The topological polar surface area (TPSA) is 121 Å². The van der Waals surface area contributed by atoms with Crippen molar-refractivity contribution >= 4 is 23.4 Å². The molecule has 1 N–H and O–H groups in total. The molecule has 0 aliphatic carbocycles. The van der Waals surface area contributed by atoms with E-state index in [2.05, 4.69) is 15.5 Å². The summed E-state index contributed by atoms with van der Waals surface area (Å²) in [6, 6.07) is 13.6. The van der Waals surface area contributed by atoms with Crippen LogP contribution in [-0.4, -0.2) is 59.6 Å². The van der Waals surface area contributed by atoms with Gasteiger partial charge in [-0.25, -0.2) is 0 Å². The van der Waals surface area contributed by atoms with Gasteiger partial charge < -0.3 is 14.8 Å². The Kier molecular flexibility index (Phi) is 8.93. The summed E-state index contributed by atoms with van der Waals surface area (Å²) >= 11 is 1.51. The zero-order valence-corrected chi connectivity index (χ0v) is 19.2. The molecule has 0 fully saturated rings. The SMILES string of the molecule is COCCNC(=O)c1ccc(CSc2nnc(-c3ccc([N+](=O)[O-])cc3)n2CCOC)cc1. The highest BCUT2D eigenvalue weighted by atomic mass is 32.2. The van der Waals surface area contributed by atoms with E-state index in [0.29, 0.717) is 48.6 Å². The van der Waals surface area contributed by atoms with Crippen molar-refractivity contribution in [1.29, 1.82) is 0 Å². The van der Waals surface area contributed by atoms with Crippen LogP contribution in [0.15, 0.2) is 53.7 Å². The number of carbonyl (C=O) groups is 1. The van der Waals surface area contributed by atoms with Crippen LogP contribution in [-0.2, 0) is 21.8 Å². The van der Waals surface area contributed by atoms with Crippen molar-refractivity contribution in [2.45, 2.75) is 17.5 Å². The highest BCUT2D eigenvalue weighted by Crippen LogP contribution is 2.27. The van der Waals surface area contributed by atoms with E-state index in [-0.39, 0.29) is 11.6 Å². The Morgan fingerprint density at radius 2 is 1.76 bits per heavy atom. The first-order valence-corrected chi connectivity index (χ1v) is 11.2. The summed E-state index contributed by atoms with van der Waals surface area (Å²) in [6.45, 7) is 1.93. The van der Waals surface area contributed by atoms with Gasteiger partial charge in [-0.2, -0.15) is 0 Å². The van der Waals surface area contributed by atoms with Crippen LogP contribution in [0.4, 0.5) is 5.69 Å². The van der Waals surface area contributed by atoms with Crippen molar-refractivity contribution in [3.8, 4) is 11.4 Å². The van der Waals surface area contributed by atoms with E-state index in [1.165, 1.54) is 23.9 Å². The second-order valence-electron chi connectivity index (χ2n) is 6.99. The van der Waals surface area contributed by atoms with Gasteiger partial charge in [0.15, 0.2) is 11.0 Å². The second kappa shape index (κ2) is 12.1. The van der Waals surface area contributed by atoms with Gasteiger partial charge in [-0.1, -0.05) is 23.9 Å². The molecule has 2 aromatic carbocycles. The van der Waals surface area contributed by atoms with Crippen molar-refractivity contribution < 1.29 is 19.2 Å². The van der Waals surface area contributed by atoms with Crippen molar-refractivity contribution in [3.05, 3.63) is 69.8 Å². The predicted octanol–water partition coefficient (Wildman–Crippen LogP) is 3.17. The minimum Gasteiger partial charge on any atom is -0.383 e. The fourth-order valence-corrected chi connectivity index (χ4v) is 3.91. The molecule has 1 aromatic heterocycles. The van der Waals surface area contributed by atoms with E-state index < -0.39 is 4.92 Å². The molecular formula is C22H25N5O5S. The average Bonchev–Trinajstić information content (AvgIpc) is 3.24. The van der Waals surface area contributed by atoms with Gasteiger partial charge in [-0.3, -0.25) is 19.5 Å². The fraction of sp³-hybridized carbons (Fsp3) is 0.318. The van der Waals surface area contributed by atoms with E-state index in [9.17, 15) is 14.9 Å². The lowest BCUT2D eigenvalue weighted by Gasteiger charge is -2.10. The molecule has 1 heterocycles. The van der Waals surface area contributed by atoms with Crippen molar-refractivity contribution in [2.75, 3.05) is 34.0 Å². The molecule has 33 heavy (non-hydrogen) atoms. The second-order valence-corrected chi connectivity index (χ2v) is 7.93. The summed E-state index contributed by atoms with van der Waals surface area (Å²) < 4.78 is 12.1. The number of carbonyl (C=O) groups excluding carboxylic acids is 1. The van der Waals surface area contributed by atoms with Gasteiger partial charge in [0.05, 0.1) is 24.7 Å². The van der Waals surface area contributed by atoms with E-state index in [1.54, 1.807) is 38.5 Å². The number of benzene rings is 2. The van der Waals surface area contributed by atoms with Gasteiger partial charge in [0.25, 0.3) is 11.6 Å². The number of ether oxygens (including phenoxy) is 2. The molecule has 1 amide bonds. The number of nitro groups is 1. The summed E-state index contributed by atoms with van der Waals surface area (Å²) in [4.78, 5) is 22.6. The molecule has 0 saturated heterocycles. The van der Waals surface area contributed by atoms with Gasteiger partial charge in [0.1, 0.15) is 0 Å². The first kappa shape index (κ1) is 24.4. The third-order valence-corrected chi connectivity index (χ3v) is 5.79. The van der Waals surface area contributed by atoms with Crippen molar-refractivity contribution in [1.82, 2.24) is 20.1 Å². The highest BCUT2D eigenvalue weighted by Gasteiger charge is 2.16. The molecule has 0 saturated carbocycles. The summed E-state index contributed by atoms with van der Waals surface area (Å²) in [5.41, 5.74) is 2.38. The molecule has 3 aromatic rings. The van der Waals surface area contributed by atoms with Gasteiger partial charge >= 0.3 is 0 Å². The molecule has 10 nitrogen and oxygen atoms in total. The zero-order chi connectivity index (χ0) is 23.6. The number of nitrogens with zero attached hydrogens (tertiary/aromatic N) is 4. The summed E-state index contributed by atoms with van der Waals surface area (Å²) in [7, 11) is 3.21. The van der Waals surface area contributed by atoms with Crippen molar-refractivity contribution in [3.63, 3.8) is 0 Å². The highest BCUT2D eigenvalue weighted by molar-refractivity contribution is 7.98. The van der Waals surface area contributed by atoms with Gasteiger partial charge in [0.2, 0.25) is 0 Å².